The molecule has 0 bridgehead atoms. The van der Waals surface area contributed by atoms with Crippen molar-refractivity contribution >= 4 is 49.3 Å². The van der Waals surface area contributed by atoms with E-state index in [1.54, 1.807) is 0 Å². The SMILES string of the molecule is CCCC[Te]c1c(-c2ccccc2)nnn1CCCCCCCCn1nnc(-c2ccccc2)c1[Te]CCCC. The van der Waals surface area contributed by atoms with Crippen LogP contribution in [0.1, 0.15) is 78.1 Å². The molecule has 0 radical (unpaired) electrons. The summed E-state index contributed by atoms with van der Waals surface area (Å²) in [5.74, 6) is 0. The summed E-state index contributed by atoms with van der Waals surface area (Å²) in [6.45, 7) is 6.56. The van der Waals surface area contributed by atoms with Crippen molar-refractivity contribution < 1.29 is 0 Å². The quantitative estimate of drug-likeness (QED) is 0.0827. The van der Waals surface area contributed by atoms with Crippen molar-refractivity contribution in [1.82, 2.24) is 30.0 Å². The van der Waals surface area contributed by atoms with Crippen LogP contribution in [0.4, 0.5) is 0 Å². The minimum absolute atomic E-state index is 0.267. The van der Waals surface area contributed by atoms with Crippen LogP contribution in [0.15, 0.2) is 60.7 Å². The molecule has 0 spiro atoms. The number of unbranched alkanes of at least 4 members (excludes halogenated alkanes) is 7. The molecule has 4 aromatic rings. The summed E-state index contributed by atoms with van der Waals surface area (Å²) in [6.07, 6.45) is 12.6. The van der Waals surface area contributed by atoms with Gasteiger partial charge in [0.15, 0.2) is 0 Å². The van der Waals surface area contributed by atoms with Crippen LogP contribution in [-0.4, -0.2) is 71.8 Å². The van der Waals surface area contributed by atoms with Gasteiger partial charge in [-0.3, -0.25) is 0 Å². The minimum atomic E-state index is -0.267. The van der Waals surface area contributed by atoms with Crippen LogP contribution >= 0.6 is 0 Å². The maximum atomic E-state index is 4.62. The molecule has 0 saturated heterocycles. The Kier molecular flexibility index (Phi) is 14.0. The van der Waals surface area contributed by atoms with Gasteiger partial charge in [0.1, 0.15) is 0 Å². The summed E-state index contributed by atoms with van der Waals surface area (Å²) in [4.78, 5) is 0. The van der Waals surface area contributed by atoms with Crippen molar-refractivity contribution in [2.24, 2.45) is 0 Å². The van der Waals surface area contributed by atoms with E-state index in [0.29, 0.717) is 0 Å². The Bertz CT molecular complexity index is 1140. The fourth-order valence-corrected chi connectivity index (χ4v) is 11.4. The van der Waals surface area contributed by atoms with Gasteiger partial charge in [-0.15, -0.1) is 0 Å². The van der Waals surface area contributed by atoms with Gasteiger partial charge in [0.25, 0.3) is 0 Å². The molecule has 2 heterocycles. The number of aryl methyl sites for hydroxylation is 2. The first-order valence-electron chi connectivity index (χ1n) is 15.0. The van der Waals surface area contributed by atoms with Gasteiger partial charge in [-0.2, -0.15) is 0 Å². The molecule has 0 aliphatic carbocycles. The standard InChI is InChI=1S/C32H44N6Te2/c1-3-5-25-39-31-29(27-19-13-11-14-20-27)33-35-37(31)23-17-9-7-8-10-18-24-38-32(40-26-6-4-2)30(34-36-38)28-21-15-12-16-22-28/h11-16,19-22H,3-10,17-18,23-26H2,1-2H3. The summed E-state index contributed by atoms with van der Waals surface area (Å²) in [7, 11) is 0. The third kappa shape index (κ3) is 9.42. The molecule has 6 nitrogen and oxygen atoms in total. The molecule has 2 aromatic heterocycles. The molecule has 4 rings (SSSR count). The van der Waals surface area contributed by atoms with Gasteiger partial charge in [-0.05, 0) is 0 Å². The predicted octanol–water partition coefficient (Wildman–Crippen LogP) is 6.34. The first-order chi connectivity index (χ1) is 19.8. The van der Waals surface area contributed by atoms with E-state index in [1.165, 1.54) is 91.8 Å². The molecule has 0 atom stereocenters. The number of rotatable bonds is 19. The second-order valence-electron chi connectivity index (χ2n) is 10.2. The average molecular weight is 768 g/mol. The number of aromatic nitrogens is 6. The van der Waals surface area contributed by atoms with Crippen LogP contribution in [-0.2, 0) is 13.1 Å². The molecule has 0 amide bonds. The molecule has 0 N–H and O–H groups in total. The first kappa shape index (κ1) is 31.2. The Morgan fingerprint density at radius 1 is 0.525 bits per heavy atom. The van der Waals surface area contributed by atoms with E-state index in [-0.39, 0.29) is 41.8 Å². The van der Waals surface area contributed by atoms with E-state index in [1.807, 2.05) is 0 Å². The summed E-state index contributed by atoms with van der Waals surface area (Å²) in [5, 5.41) is 18.4. The number of benzene rings is 2. The summed E-state index contributed by atoms with van der Waals surface area (Å²) in [6, 6.07) is 21.2. The molecule has 2 aromatic carbocycles. The predicted molar refractivity (Wildman–Crippen MR) is 169 cm³/mol. The zero-order chi connectivity index (χ0) is 27.8. The van der Waals surface area contributed by atoms with E-state index in [4.69, 9.17) is 0 Å². The van der Waals surface area contributed by atoms with Gasteiger partial charge in [0.05, 0.1) is 0 Å². The monoisotopic (exact) mass is 772 g/mol. The second kappa shape index (κ2) is 18.0. The van der Waals surface area contributed by atoms with Gasteiger partial charge in [0.2, 0.25) is 0 Å². The number of hydrogen-bond donors (Lipinski definition) is 0. The van der Waals surface area contributed by atoms with Crippen molar-refractivity contribution in [1.29, 1.82) is 0 Å². The number of nitrogens with zero attached hydrogens (tertiary/aromatic N) is 6. The molecule has 0 aliphatic rings. The molecular formula is C32H44N6Te2. The summed E-state index contributed by atoms with van der Waals surface area (Å²) >= 11 is -0.533. The molecule has 0 unspecified atom stereocenters. The molecule has 214 valence electrons. The second-order valence-corrected chi connectivity index (χ2v) is 16.4. The van der Waals surface area contributed by atoms with Crippen LogP contribution in [0.3, 0.4) is 0 Å². The van der Waals surface area contributed by atoms with Crippen molar-refractivity contribution in [3.8, 4) is 22.5 Å². The normalized spacial score (nSPS) is 11.3. The maximum absolute atomic E-state index is 4.62. The molecule has 8 heteroatoms. The first-order valence-corrected chi connectivity index (χ1v) is 20.7. The van der Waals surface area contributed by atoms with Gasteiger partial charge < -0.3 is 0 Å². The Balaban J connectivity index is 1.21. The number of hydrogen-bond acceptors (Lipinski definition) is 4. The Morgan fingerprint density at radius 3 is 1.32 bits per heavy atom. The Labute approximate surface area is 260 Å². The van der Waals surface area contributed by atoms with Gasteiger partial charge in [-0.1, -0.05) is 0 Å². The average Bonchev–Trinajstić information content (AvgIpc) is 3.59. The van der Waals surface area contributed by atoms with Crippen molar-refractivity contribution in [2.45, 2.75) is 100 Å². The molecular weight excluding hydrogens is 724 g/mol. The van der Waals surface area contributed by atoms with Crippen molar-refractivity contribution in [2.75, 3.05) is 0 Å². The third-order valence-electron chi connectivity index (χ3n) is 6.94. The zero-order valence-electron chi connectivity index (χ0n) is 24.2. The fraction of sp³-hybridized carbons (Fsp3) is 0.500. The van der Waals surface area contributed by atoms with E-state index in [2.05, 4.69) is 104 Å². The molecule has 0 fully saturated rings. The van der Waals surface area contributed by atoms with Crippen molar-refractivity contribution in [3.63, 3.8) is 0 Å². The molecule has 0 aliphatic heterocycles. The van der Waals surface area contributed by atoms with E-state index < -0.39 is 0 Å². The fourth-order valence-electron chi connectivity index (χ4n) is 4.60. The topological polar surface area (TPSA) is 61.4 Å². The van der Waals surface area contributed by atoms with E-state index in [9.17, 15) is 0 Å². The van der Waals surface area contributed by atoms with Gasteiger partial charge in [0, 0.05) is 0 Å². The summed E-state index contributed by atoms with van der Waals surface area (Å²) < 4.78 is 10.0. The van der Waals surface area contributed by atoms with Crippen LogP contribution in [0.25, 0.3) is 22.5 Å². The molecule has 40 heavy (non-hydrogen) atoms. The third-order valence-corrected chi connectivity index (χ3v) is 13.6. The Morgan fingerprint density at radius 2 is 0.925 bits per heavy atom. The van der Waals surface area contributed by atoms with Crippen LogP contribution in [0.5, 0.6) is 0 Å². The van der Waals surface area contributed by atoms with E-state index >= 15 is 0 Å². The Hall–Kier alpha value is -1.70. The van der Waals surface area contributed by atoms with Crippen molar-refractivity contribution in [3.05, 3.63) is 60.7 Å². The van der Waals surface area contributed by atoms with Crippen LogP contribution in [0.2, 0.25) is 8.94 Å². The van der Waals surface area contributed by atoms with Crippen LogP contribution < -0.4 is 7.48 Å². The van der Waals surface area contributed by atoms with Gasteiger partial charge >= 0.3 is 263 Å². The zero-order valence-corrected chi connectivity index (χ0v) is 28.8. The van der Waals surface area contributed by atoms with Crippen LogP contribution in [0, 0.1) is 0 Å². The summed E-state index contributed by atoms with van der Waals surface area (Å²) in [5.41, 5.74) is 4.67. The molecule has 0 saturated carbocycles. The van der Waals surface area contributed by atoms with Gasteiger partial charge in [-0.25, -0.2) is 0 Å². The van der Waals surface area contributed by atoms with E-state index in [0.717, 1.165) is 24.5 Å².